The van der Waals surface area contributed by atoms with E-state index in [-0.39, 0.29) is 10.7 Å². The molecule has 1 heterocycles. The Kier molecular flexibility index (Phi) is 6.96. The van der Waals surface area contributed by atoms with Gasteiger partial charge in [0.05, 0.1) is 16.4 Å². The first-order valence-corrected chi connectivity index (χ1v) is 11.3. The van der Waals surface area contributed by atoms with Crippen molar-refractivity contribution < 1.29 is 9.18 Å². The molecule has 1 aromatic heterocycles. The van der Waals surface area contributed by atoms with Crippen molar-refractivity contribution in [3.8, 4) is 5.69 Å². The standard InChI is InChI=1S/C24H21ClFN5OS/c1-2-3-5-15-8-10-18(11-9-15)31-29-21-13-19(25)20(14-22(21)30-31)27-24(33)28-23(32)16-6-4-7-17(26)12-16/h4,6-14H,2-3,5H2,1H3,(H2,27,28,32,33). The summed E-state index contributed by atoms with van der Waals surface area (Å²) in [4.78, 5) is 13.8. The fourth-order valence-corrected chi connectivity index (χ4v) is 3.69. The van der Waals surface area contributed by atoms with Crippen molar-refractivity contribution in [2.75, 3.05) is 5.32 Å². The highest BCUT2D eigenvalue weighted by Crippen LogP contribution is 2.27. The van der Waals surface area contributed by atoms with Gasteiger partial charge in [0.25, 0.3) is 5.91 Å². The second kappa shape index (κ2) is 10.1. The number of rotatable bonds is 6. The molecule has 4 rings (SSSR count). The normalized spacial score (nSPS) is 10.9. The van der Waals surface area contributed by atoms with E-state index in [1.165, 1.54) is 23.8 Å². The lowest BCUT2D eigenvalue weighted by Crippen LogP contribution is -2.34. The molecule has 0 atom stereocenters. The molecule has 0 saturated carbocycles. The van der Waals surface area contributed by atoms with Gasteiger partial charge in [0, 0.05) is 5.56 Å². The molecule has 0 fully saturated rings. The lowest BCUT2D eigenvalue weighted by Gasteiger charge is -2.10. The minimum Gasteiger partial charge on any atom is -0.331 e. The van der Waals surface area contributed by atoms with Gasteiger partial charge in [-0.05, 0) is 73.1 Å². The minimum absolute atomic E-state index is 0.0283. The Labute approximate surface area is 200 Å². The van der Waals surface area contributed by atoms with Gasteiger partial charge in [0.1, 0.15) is 16.9 Å². The van der Waals surface area contributed by atoms with Crippen LogP contribution in [0.2, 0.25) is 5.02 Å². The summed E-state index contributed by atoms with van der Waals surface area (Å²) in [6, 6.07) is 16.9. The van der Waals surface area contributed by atoms with Gasteiger partial charge in [-0.15, -0.1) is 10.2 Å². The van der Waals surface area contributed by atoms with Crippen molar-refractivity contribution in [3.63, 3.8) is 0 Å². The molecular weight excluding hydrogens is 461 g/mol. The number of benzene rings is 3. The van der Waals surface area contributed by atoms with Gasteiger partial charge >= 0.3 is 0 Å². The van der Waals surface area contributed by atoms with E-state index in [1.54, 1.807) is 16.9 Å². The molecular formula is C24H21ClFN5OS. The van der Waals surface area contributed by atoms with Crippen LogP contribution in [0.15, 0.2) is 60.7 Å². The van der Waals surface area contributed by atoms with Crippen LogP contribution in [0.5, 0.6) is 0 Å². The fourth-order valence-electron chi connectivity index (χ4n) is 3.28. The topological polar surface area (TPSA) is 71.8 Å². The summed E-state index contributed by atoms with van der Waals surface area (Å²) < 4.78 is 13.3. The van der Waals surface area contributed by atoms with Crippen molar-refractivity contribution in [1.29, 1.82) is 0 Å². The molecule has 1 amide bonds. The molecule has 0 radical (unpaired) electrons. The molecule has 2 N–H and O–H groups in total. The zero-order chi connectivity index (χ0) is 23.4. The number of thiocarbonyl (C=S) groups is 1. The van der Waals surface area contributed by atoms with Crippen molar-refractivity contribution in [2.45, 2.75) is 26.2 Å². The fraction of sp³-hybridized carbons (Fsp3) is 0.167. The van der Waals surface area contributed by atoms with Gasteiger partial charge in [0.15, 0.2) is 5.11 Å². The van der Waals surface area contributed by atoms with Crippen LogP contribution < -0.4 is 10.6 Å². The average molecular weight is 482 g/mol. The van der Waals surface area contributed by atoms with E-state index in [1.807, 2.05) is 12.1 Å². The van der Waals surface area contributed by atoms with E-state index in [9.17, 15) is 9.18 Å². The zero-order valence-electron chi connectivity index (χ0n) is 17.8. The highest BCUT2D eigenvalue weighted by Gasteiger charge is 2.13. The Hall–Kier alpha value is -3.36. The molecule has 0 aliphatic carbocycles. The number of unbranched alkanes of at least 4 members (excludes halogenated alkanes) is 1. The minimum atomic E-state index is -0.530. The maximum atomic E-state index is 13.3. The van der Waals surface area contributed by atoms with Gasteiger partial charge in [-0.1, -0.05) is 43.1 Å². The lowest BCUT2D eigenvalue weighted by molar-refractivity contribution is 0.0977. The maximum absolute atomic E-state index is 13.3. The van der Waals surface area contributed by atoms with Crippen molar-refractivity contribution in [2.24, 2.45) is 0 Å². The molecule has 0 aliphatic rings. The number of nitrogens with one attached hydrogen (secondary N) is 2. The Morgan fingerprint density at radius 3 is 2.52 bits per heavy atom. The SMILES string of the molecule is CCCCc1ccc(-n2nc3cc(Cl)c(NC(=S)NC(=O)c4cccc(F)c4)cc3n2)cc1. The Bertz CT molecular complexity index is 1320. The first-order valence-electron chi connectivity index (χ1n) is 10.5. The predicted molar refractivity (Wildman–Crippen MR) is 133 cm³/mol. The summed E-state index contributed by atoms with van der Waals surface area (Å²) in [5, 5.41) is 14.8. The van der Waals surface area contributed by atoms with E-state index in [4.69, 9.17) is 23.8 Å². The summed E-state index contributed by atoms with van der Waals surface area (Å²) in [6.45, 7) is 2.17. The summed E-state index contributed by atoms with van der Waals surface area (Å²) in [7, 11) is 0. The molecule has 0 saturated heterocycles. The first kappa shape index (κ1) is 22.8. The number of hydrogen-bond acceptors (Lipinski definition) is 4. The van der Waals surface area contributed by atoms with Crippen LogP contribution in [-0.4, -0.2) is 26.0 Å². The van der Waals surface area contributed by atoms with Crippen molar-refractivity contribution >= 4 is 51.6 Å². The molecule has 9 heteroatoms. The number of halogens is 2. The number of anilines is 1. The Morgan fingerprint density at radius 1 is 1.09 bits per heavy atom. The van der Waals surface area contributed by atoms with Gasteiger partial charge in [-0.25, -0.2) is 4.39 Å². The number of hydrogen-bond donors (Lipinski definition) is 2. The summed E-state index contributed by atoms with van der Waals surface area (Å²) in [5.41, 5.74) is 3.97. The molecule has 6 nitrogen and oxygen atoms in total. The number of fused-ring (bicyclic) bond motifs is 1. The predicted octanol–water partition coefficient (Wildman–Crippen LogP) is 5.68. The van der Waals surface area contributed by atoms with E-state index < -0.39 is 11.7 Å². The maximum Gasteiger partial charge on any atom is 0.257 e. The summed E-state index contributed by atoms with van der Waals surface area (Å²) in [5.74, 6) is -1.04. The number of carbonyl (C=O) groups is 1. The third-order valence-electron chi connectivity index (χ3n) is 5.02. The molecule has 0 bridgehead atoms. The van der Waals surface area contributed by atoms with Crippen LogP contribution in [0.25, 0.3) is 16.7 Å². The molecule has 0 spiro atoms. The number of aryl methyl sites for hydroxylation is 1. The van der Waals surface area contributed by atoms with Gasteiger partial charge in [-0.3, -0.25) is 10.1 Å². The molecule has 4 aromatic rings. The molecule has 3 aromatic carbocycles. The quantitative estimate of drug-likeness (QED) is 0.346. The molecule has 168 valence electrons. The van der Waals surface area contributed by atoms with Gasteiger partial charge in [-0.2, -0.15) is 4.80 Å². The molecule has 0 unspecified atom stereocenters. The smallest absolute Gasteiger partial charge is 0.257 e. The lowest BCUT2D eigenvalue weighted by atomic mass is 10.1. The largest absolute Gasteiger partial charge is 0.331 e. The second-order valence-corrected chi connectivity index (χ2v) is 8.31. The highest BCUT2D eigenvalue weighted by molar-refractivity contribution is 7.80. The Morgan fingerprint density at radius 2 is 1.82 bits per heavy atom. The summed E-state index contributed by atoms with van der Waals surface area (Å²) in [6.07, 6.45) is 3.36. The third-order valence-corrected chi connectivity index (χ3v) is 5.53. The van der Waals surface area contributed by atoms with Crippen LogP contribution in [-0.2, 0) is 6.42 Å². The first-order chi connectivity index (χ1) is 15.9. The number of amides is 1. The third kappa shape index (κ3) is 5.53. The van der Waals surface area contributed by atoms with Crippen LogP contribution in [0.1, 0.15) is 35.7 Å². The van der Waals surface area contributed by atoms with Crippen LogP contribution in [0, 0.1) is 5.82 Å². The van der Waals surface area contributed by atoms with Crippen LogP contribution >= 0.6 is 23.8 Å². The zero-order valence-corrected chi connectivity index (χ0v) is 19.4. The van der Waals surface area contributed by atoms with E-state index >= 15 is 0 Å². The van der Waals surface area contributed by atoms with Gasteiger partial charge < -0.3 is 5.32 Å². The monoisotopic (exact) mass is 481 g/mol. The number of nitrogens with zero attached hydrogens (tertiary/aromatic N) is 3. The summed E-state index contributed by atoms with van der Waals surface area (Å²) >= 11 is 11.6. The van der Waals surface area contributed by atoms with E-state index in [2.05, 4.69) is 39.9 Å². The van der Waals surface area contributed by atoms with Crippen molar-refractivity contribution in [1.82, 2.24) is 20.3 Å². The van der Waals surface area contributed by atoms with E-state index in [0.717, 1.165) is 31.0 Å². The highest BCUT2D eigenvalue weighted by atomic mass is 35.5. The van der Waals surface area contributed by atoms with Crippen LogP contribution in [0.4, 0.5) is 10.1 Å². The van der Waals surface area contributed by atoms with Crippen molar-refractivity contribution in [3.05, 3.63) is 82.6 Å². The van der Waals surface area contributed by atoms with Crippen LogP contribution in [0.3, 0.4) is 0 Å². The Balaban J connectivity index is 1.49. The second-order valence-electron chi connectivity index (χ2n) is 7.50. The van der Waals surface area contributed by atoms with Gasteiger partial charge in [0.2, 0.25) is 0 Å². The molecule has 0 aliphatic heterocycles. The van der Waals surface area contributed by atoms with E-state index in [0.29, 0.717) is 21.7 Å². The number of aromatic nitrogens is 3. The number of carbonyl (C=O) groups excluding carboxylic acids is 1. The molecule has 33 heavy (non-hydrogen) atoms. The average Bonchev–Trinajstić information content (AvgIpc) is 3.20.